The smallest absolute Gasteiger partial charge is 0.128 e. The average molecular weight is 191 g/mol. The van der Waals surface area contributed by atoms with E-state index < -0.39 is 0 Å². The fraction of sp³-hybridized carbons (Fsp3) is 0.545. The quantitative estimate of drug-likeness (QED) is 0.782. The van der Waals surface area contributed by atoms with Crippen molar-refractivity contribution in [3.63, 3.8) is 0 Å². The summed E-state index contributed by atoms with van der Waals surface area (Å²) in [5.74, 6) is 1.93. The van der Waals surface area contributed by atoms with E-state index >= 15 is 0 Å². The molecule has 0 amide bonds. The number of hydrogen-bond donors (Lipinski definition) is 1. The number of nitrogens with zero attached hydrogens (tertiary/aromatic N) is 2. The summed E-state index contributed by atoms with van der Waals surface area (Å²) in [6.45, 7) is 1.64. The molecule has 76 valence electrons. The summed E-state index contributed by atoms with van der Waals surface area (Å²) < 4.78 is 0. The molecule has 0 aliphatic heterocycles. The molecule has 1 heterocycles. The second-order valence-electron chi connectivity index (χ2n) is 4.02. The van der Waals surface area contributed by atoms with Gasteiger partial charge in [-0.25, -0.2) is 4.98 Å². The second-order valence-corrected chi connectivity index (χ2v) is 4.02. The van der Waals surface area contributed by atoms with Crippen molar-refractivity contribution in [1.29, 1.82) is 0 Å². The van der Waals surface area contributed by atoms with Crippen LogP contribution in [0.1, 0.15) is 18.5 Å². The van der Waals surface area contributed by atoms with Crippen LogP contribution in [0.4, 0.5) is 5.82 Å². The molecule has 0 spiro atoms. The minimum atomic E-state index is 0.519. The summed E-state index contributed by atoms with van der Waals surface area (Å²) in [6, 6.07) is 6.03. The van der Waals surface area contributed by atoms with Crippen LogP contribution in [0.15, 0.2) is 18.2 Å². The number of rotatable bonds is 4. The number of pyridine rings is 1. The summed E-state index contributed by atoms with van der Waals surface area (Å²) in [5, 5.41) is 0. The molecule has 14 heavy (non-hydrogen) atoms. The predicted octanol–water partition coefficient (Wildman–Crippen LogP) is 1.39. The molecule has 3 nitrogen and oxygen atoms in total. The van der Waals surface area contributed by atoms with Gasteiger partial charge in [-0.15, -0.1) is 0 Å². The van der Waals surface area contributed by atoms with Gasteiger partial charge in [-0.05, 0) is 30.9 Å². The van der Waals surface area contributed by atoms with Gasteiger partial charge < -0.3 is 10.6 Å². The summed E-state index contributed by atoms with van der Waals surface area (Å²) in [6.07, 6.45) is 2.75. The first-order valence-electron chi connectivity index (χ1n) is 5.16. The molecular weight excluding hydrogens is 174 g/mol. The van der Waals surface area contributed by atoms with Crippen molar-refractivity contribution in [2.24, 2.45) is 11.7 Å². The van der Waals surface area contributed by atoms with E-state index in [0.29, 0.717) is 6.54 Å². The molecule has 0 saturated heterocycles. The van der Waals surface area contributed by atoms with Gasteiger partial charge in [0.05, 0.1) is 5.69 Å². The number of anilines is 1. The Labute approximate surface area is 84.9 Å². The fourth-order valence-electron chi connectivity index (χ4n) is 1.57. The van der Waals surface area contributed by atoms with Crippen LogP contribution in [-0.2, 0) is 6.54 Å². The van der Waals surface area contributed by atoms with Crippen molar-refractivity contribution in [3.8, 4) is 0 Å². The van der Waals surface area contributed by atoms with Gasteiger partial charge in [0.15, 0.2) is 0 Å². The summed E-state index contributed by atoms with van der Waals surface area (Å²) in [7, 11) is 2.10. The monoisotopic (exact) mass is 191 g/mol. The van der Waals surface area contributed by atoms with Crippen LogP contribution in [0.3, 0.4) is 0 Å². The van der Waals surface area contributed by atoms with Gasteiger partial charge in [0.25, 0.3) is 0 Å². The Balaban J connectivity index is 2.05. The third-order valence-corrected chi connectivity index (χ3v) is 2.62. The van der Waals surface area contributed by atoms with Crippen LogP contribution in [-0.4, -0.2) is 18.6 Å². The Kier molecular flexibility index (Phi) is 2.68. The minimum Gasteiger partial charge on any atom is -0.359 e. The van der Waals surface area contributed by atoms with Gasteiger partial charge in [-0.3, -0.25) is 0 Å². The van der Waals surface area contributed by atoms with Gasteiger partial charge in [0.2, 0.25) is 0 Å². The zero-order chi connectivity index (χ0) is 9.97. The predicted molar refractivity (Wildman–Crippen MR) is 58.1 cm³/mol. The number of aromatic nitrogens is 1. The number of hydrogen-bond acceptors (Lipinski definition) is 3. The minimum absolute atomic E-state index is 0.519. The molecule has 1 aliphatic carbocycles. The maximum atomic E-state index is 5.55. The third-order valence-electron chi connectivity index (χ3n) is 2.62. The SMILES string of the molecule is CN(CC1CC1)c1cccc(CN)n1. The molecule has 0 unspecified atom stereocenters. The Hall–Kier alpha value is -1.09. The normalized spacial score (nSPS) is 15.6. The van der Waals surface area contributed by atoms with Crippen molar-refractivity contribution in [2.45, 2.75) is 19.4 Å². The molecule has 0 atom stereocenters. The highest BCUT2D eigenvalue weighted by molar-refractivity contribution is 5.38. The molecule has 3 heteroatoms. The van der Waals surface area contributed by atoms with Crippen LogP contribution in [0.2, 0.25) is 0 Å². The molecule has 1 aromatic heterocycles. The van der Waals surface area contributed by atoms with Gasteiger partial charge in [0.1, 0.15) is 5.82 Å². The standard InChI is InChI=1S/C11H17N3/c1-14(8-9-5-6-9)11-4-2-3-10(7-12)13-11/h2-4,9H,5-8,12H2,1H3. The molecule has 0 radical (unpaired) electrons. The highest BCUT2D eigenvalue weighted by Gasteiger charge is 2.23. The molecule has 0 bridgehead atoms. The zero-order valence-electron chi connectivity index (χ0n) is 8.61. The van der Waals surface area contributed by atoms with Gasteiger partial charge in [-0.2, -0.15) is 0 Å². The molecular formula is C11H17N3. The van der Waals surface area contributed by atoms with E-state index in [9.17, 15) is 0 Å². The van der Waals surface area contributed by atoms with E-state index in [1.807, 2.05) is 18.2 Å². The Bertz CT molecular complexity index is 307. The van der Waals surface area contributed by atoms with Crippen molar-refractivity contribution < 1.29 is 0 Å². The second kappa shape index (κ2) is 3.96. The van der Waals surface area contributed by atoms with Crippen LogP contribution in [0.25, 0.3) is 0 Å². The Morgan fingerprint density at radius 2 is 2.29 bits per heavy atom. The van der Waals surface area contributed by atoms with Gasteiger partial charge in [0, 0.05) is 20.1 Å². The molecule has 1 aromatic rings. The number of nitrogens with two attached hydrogens (primary N) is 1. The van der Waals surface area contributed by atoms with Crippen LogP contribution >= 0.6 is 0 Å². The first-order chi connectivity index (χ1) is 6.79. The van der Waals surface area contributed by atoms with E-state index in [4.69, 9.17) is 5.73 Å². The van der Waals surface area contributed by atoms with E-state index in [1.54, 1.807) is 0 Å². The first kappa shape index (κ1) is 9.46. The summed E-state index contributed by atoms with van der Waals surface area (Å²) >= 11 is 0. The first-order valence-corrected chi connectivity index (χ1v) is 5.16. The van der Waals surface area contributed by atoms with Crippen LogP contribution < -0.4 is 10.6 Å². The largest absolute Gasteiger partial charge is 0.359 e. The molecule has 1 saturated carbocycles. The van der Waals surface area contributed by atoms with Crippen molar-refractivity contribution >= 4 is 5.82 Å². The molecule has 1 fully saturated rings. The van der Waals surface area contributed by atoms with Crippen molar-refractivity contribution in [2.75, 3.05) is 18.5 Å². The van der Waals surface area contributed by atoms with Crippen molar-refractivity contribution in [1.82, 2.24) is 4.98 Å². The lowest BCUT2D eigenvalue weighted by molar-refractivity contribution is 0.773. The fourth-order valence-corrected chi connectivity index (χ4v) is 1.57. The van der Waals surface area contributed by atoms with Gasteiger partial charge in [-0.1, -0.05) is 6.07 Å². The Morgan fingerprint density at radius 3 is 2.93 bits per heavy atom. The van der Waals surface area contributed by atoms with Crippen LogP contribution in [0, 0.1) is 5.92 Å². The maximum Gasteiger partial charge on any atom is 0.128 e. The average Bonchev–Trinajstić information content (AvgIpc) is 3.02. The zero-order valence-corrected chi connectivity index (χ0v) is 8.61. The van der Waals surface area contributed by atoms with E-state index in [1.165, 1.54) is 12.8 Å². The lowest BCUT2D eigenvalue weighted by Crippen LogP contribution is -2.21. The molecule has 0 aromatic carbocycles. The highest BCUT2D eigenvalue weighted by atomic mass is 15.2. The highest BCUT2D eigenvalue weighted by Crippen LogP contribution is 2.30. The molecule has 2 N–H and O–H groups in total. The van der Waals surface area contributed by atoms with E-state index in [0.717, 1.165) is 24.0 Å². The third kappa shape index (κ3) is 2.23. The van der Waals surface area contributed by atoms with E-state index in [-0.39, 0.29) is 0 Å². The lowest BCUT2D eigenvalue weighted by atomic mass is 10.3. The lowest BCUT2D eigenvalue weighted by Gasteiger charge is -2.18. The topological polar surface area (TPSA) is 42.1 Å². The van der Waals surface area contributed by atoms with E-state index in [2.05, 4.69) is 16.9 Å². The molecule has 1 aliphatic rings. The molecule has 2 rings (SSSR count). The van der Waals surface area contributed by atoms with Crippen molar-refractivity contribution in [3.05, 3.63) is 23.9 Å². The van der Waals surface area contributed by atoms with Gasteiger partial charge >= 0.3 is 0 Å². The Morgan fingerprint density at radius 1 is 1.50 bits per heavy atom. The maximum absolute atomic E-state index is 5.55. The van der Waals surface area contributed by atoms with Crippen LogP contribution in [0.5, 0.6) is 0 Å². The summed E-state index contributed by atoms with van der Waals surface area (Å²) in [5.41, 5.74) is 6.51. The summed E-state index contributed by atoms with van der Waals surface area (Å²) in [4.78, 5) is 6.69.